The Morgan fingerprint density at radius 1 is 1.28 bits per heavy atom. The fourth-order valence-electron chi connectivity index (χ4n) is 1.89. The van der Waals surface area contributed by atoms with Crippen LogP contribution in [0.15, 0.2) is 28.8 Å². The number of rotatable bonds is 5. The Morgan fingerprint density at radius 3 is 2.67 bits per heavy atom. The van der Waals surface area contributed by atoms with Crippen molar-refractivity contribution in [3.63, 3.8) is 0 Å². The Hall–Kier alpha value is -1.88. The molecule has 2 N–H and O–H groups in total. The van der Waals surface area contributed by atoms with Gasteiger partial charge in [0, 0.05) is 24.3 Å². The smallest absolute Gasteiger partial charge is 0.240 e. The zero-order chi connectivity index (χ0) is 13.0. The number of nitrogens with two attached hydrogens (primary N) is 1. The lowest BCUT2D eigenvalue weighted by Gasteiger charge is -2.21. The average Bonchev–Trinajstić information content (AvgIpc) is 2.89. The van der Waals surface area contributed by atoms with Gasteiger partial charge in [0.15, 0.2) is 0 Å². The third kappa shape index (κ3) is 2.51. The monoisotopic (exact) mass is 246 g/mol. The van der Waals surface area contributed by atoms with Crippen molar-refractivity contribution in [1.29, 1.82) is 0 Å². The number of hydrogen-bond donors (Lipinski definition) is 1. The summed E-state index contributed by atoms with van der Waals surface area (Å²) in [5, 5.41) is 3.92. The first-order valence-corrected chi connectivity index (χ1v) is 6.16. The van der Waals surface area contributed by atoms with Crippen molar-refractivity contribution >= 4 is 5.69 Å². The minimum Gasteiger partial charge on any atom is -0.372 e. The summed E-state index contributed by atoms with van der Waals surface area (Å²) in [7, 11) is 0. The van der Waals surface area contributed by atoms with Gasteiger partial charge in [-0.1, -0.05) is 17.3 Å². The van der Waals surface area contributed by atoms with E-state index in [4.69, 9.17) is 10.3 Å². The molecule has 2 rings (SSSR count). The summed E-state index contributed by atoms with van der Waals surface area (Å²) in [6.45, 7) is 6.48. The molecule has 18 heavy (non-hydrogen) atoms. The fourth-order valence-corrected chi connectivity index (χ4v) is 1.89. The minimum absolute atomic E-state index is 0.267. The molecule has 1 aromatic carbocycles. The molecule has 5 heteroatoms. The molecule has 0 saturated carbocycles. The highest BCUT2D eigenvalue weighted by molar-refractivity contribution is 5.62. The Bertz CT molecular complexity index is 505. The van der Waals surface area contributed by atoms with E-state index in [9.17, 15) is 0 Å². The maximum atomic E-state index is 5.46. The average molecular weight is 246 g/mol. The molecular weight excluding hydrogens is 228 g/mol. The number of nitrogens with zero attached hydrogens (tertiary/aromatic N) is 3. The van der Waals surface area contributed by atoms with Crippen LogP contribution < -0.4 is 10.6 Å². The molecule has 0 saturated heterocycles. The third-order valence-corrected chi connectivity index (χ3v) is 2.88. The Labute approximate surface area is 107 Å². The molecule has 0 aliphatic heterocycles. The van der Waals surface area contributed by atoms with Gasteiger partial charge < -0.3 is 15.2 Å². The van der Waals surface area contributed by atoms with Crippen LogP contribution in [0.4, 0.5) is 5.69 Å². The van der Waals surface area contributed by atoms with Gasteiger partial charge in [-0.2, -0.15) is 4.98 Å². The zero-order valence-corrected chi connectivity index (χ0v) is 10.8. The molecule has 96 valence electrons. The van der Waals surface area contributed by atoms with Crippen LogP contribution in [0.2, 0.25) is 0 Å². The Balaban J connectivity index is 2.31. The van der Waals surface area contributed by atoms with Gasteiger partial charge in [-0.25, -0.2) is 0 Å². The van der Waals surface area contributed by atoms with Gasteiger partial charge in [-0.05, 0) is 26.0 Å². The van der Waals surface area contributed by atoms with Crippen LogP contribution in [0, 0.1) is 0 Å². The Morgan fingerprint density at radius 2 is 2.06 bits per heavy atom. The SMILES string of the molecule is CCN(CC)c1cccc(-c2noc(CN)n2)c1. The van der Waals surface area contributed by atoms with Crippen LogP contribution in [-0.2, 0) is 6.54 Å². The fraction of sp³-hybridized carbons (Fsp3) is 0.385. The van der Waals surface area contributed by atoms with E-state index in [-0.39, 0.29) is 6.54 Å². The van der Waals surface area contributed by atoms with Crippen molar-refractivity contribution in [2.75, 3.05) is 18.0 Å². The van der Waals surface area contributed by atoms with Crippen molar-refractivity contribution in [2.45, 2.75) is 20.4 Å². The van der Waals surface area contributed by atoms with Crippen molar-refractivity contribution < 1.29 is 4.52 Å². The molecule has 0 fully saturated rings. The zero-order valence-electron chi connectivity index (χ0n) is 10.8. The largest absolute Gasteiger partial charge is 0.372 e. The summed E-state index contributed by atoms with van der Waals surface area (Å²) in [6, 6.07) is 8.12. The van der Waals surface area contributed by atoms with Crippen LogP contribution >= 0.6 is 0 Å². The molecule has 0 atom stereocenters. The predicted molar refractivity (Wildman–Crippen MR) is 71.2 cm³/mol. The van der Waals surface area contributed by atoms with Gasteiger partial charge in [0.2, 0.25) is 11.7 Å². The molecule has 1 aromatic heterocycles. The molecule has 1 heterocycles. The van der Waals surface area contributed by atoms with Crippen LogP contribution in [0.25, 0.3) is 11.4 Å². The van der Waals surface area contributed by atoms with Gasteiger partial charge >= 0.3 is 0 Å². The van der Waals surface area contributed by atoms with Crippen molar-refractivity contribution in [2.24, 2.45) is 5.73 Å². The van der Waals surface area contributed by atoms with Gasteiger partial charge in [0.1, 0.15) is 0 Å². The van der Waals surface area contributed by atoms with Gasteiger partial charge in [-0.3, -0.25) is 0 Å². The molecule has 0 amide bonds. The molecule has 0 unspecified atom stereocenters. The lowest BCUT2D eigenvalue weighted by Crippen LogP contribution is -2.21. The van der Waals surface area contributed by atoms with E-state index < -0.39 is 0 Å². The van der Waals surface area contributed by atoms with Crippen LogP contribution in [0.1, 0.15) is 19.7 Å². The summed E-state index contributed by atoms with van der Waals surface area (Å²) < 4.78 is 5.02. The predicted octanol–water partition coefficient (Wildman–Crippen LogP) is 2.04. The molecule has 0 spiro atoms. The summed E-state index contributed by atoms with van der Waals surface area (Å²) in [4.78, 5) is 6.50. The van der Waals surface area contributed by atoms with Gasteiger partial charge in [0.25, 0.3) is 0 Å². The minimum atomic E-state index is 0.267. The van der Waals surface area contributed by atoms with Crippen molar-refractivity contribution in [3.8, 4) is 11.4 Å². The van der Waals surface area contributed by atoms with E-state index in [2.05, 4.69) is 41.0 Å². The highest BCUT2D eigenvalue weighted by atomic mass is 16.5. The third-order valence-electron chi connectivity index (χ3n) is 2.88. The summed E-state index contributed by atoms with van der Waals surface area (Å²) >= 11 is 0. The molecular formula is C13H18N4O. The van der Waals surface area contributed by atoms with Crippen molar-refractivity contribution in [3.05, 3.63) is 30.2 Å². The van der Waals surface area contributed by atoms with Gasteiger partial charge in [0.05, 0.1) is 6.54 Å². The van der Waals surface area contributed by atoms with Crippen LogP contribution in [0.5, 0.6) is 0 Å². The second-order valence-corrected chi connectivity index (χ2v) is 3.94. The number of benzene rings is 1. The quantitative estimate of drug-likeness (QED) is 0.874. The maximum Gasteiger partial charge on any atom is 0.240 e. The molecule has 0 aliphatic carbocycles. The molecule has 2 aromatic rings. The van der Waals surface area contributed by atoms with E-state index in [1.807, 2.05) is 12.1 Å². The number of anilines is 1. The highest BCUT2D eigenvalue weighted by Gasteiger charge is 2.09. The standard InChI is InChI=1S/C13H18N4O/c1-3-17(4-2)11-7-5-6-10(8-11)13-15-12(9-14)18-16-13/h5-8H,3-4,9,14H2,1-2H3. The maximum absolute atomic E-state index is 5.46. The molecule has 5 nitrogen and oxygen atoms in total. The summed E-state index contributed by atoms with van der Waals surface area (Å²) in [5.41, 5.74) is 7.57. The summed E-state index contributed by atoms with van der Waals surface area (Å²) in [6.07, 6.45) is 0. The Kier molecular flexibility index (Phi) is 3.94. The topological polar surface area (TPSA) is 68.2 Å². The highest BCUT2D eigenvalue weighted by Crippen LogP contribution is 2.22. The molecule has 0 bridgehead atoms. The van der Waals surface area contributed by atoms with Crippen LogP contribution in [0.3, 0.4) is 0 Å². The molecule has 0 radical (unpaired) electrons. The first-order valence-electron chi connectivity index (χ1n) is 6.16. The van der Waals surface area contributed by atoms with E-state index in [0.717, 1.165) is 24.3 Å². The van der Waals surface area contributed by atoms with E-state index in [0.29, 0.717) is 11.7 Å². The van der Waals surface area contributed by atoms with E-state index >= 15 is 0 Å². The second kappa shape index (κ2) is 5.64. The lowest BCUT2D eigenvalue weighted by molar-refractivity contribution is 0.380. The second-order valence-electron chi connectivity index (χ2n) is 3.94. The first kappa shape index (κ1) is 12.6. The lowest BCUT2D eigenvalue weighted by atomic mass is 10.2. The first-order chi connectivity index (χ1) is 8.78. The van der Waals surface area contributed by atoms with E-state index in [1.165, 1.54) is 0 Å². The molecule has 0 aliphatic rings. The van der Waals surface area contributed by atoms with Crippen molar-refractivity contribution in [1.82, 2.24) is 10.1 Å². The normalized spacial score (nSPS) is 10.6. The van der Waals surface area contributed by atoms with Crippen LogP contribution in [-0.4, -0.2) is 23.2 Å². The van der Waals surface area contributed by atoms with E-state index in [1.54, 1.807) is 0 Å². The number of aromatic nitrogens is 2. The van der Waals surface area contributed by atoms with Gasteiger partial charge in [-0.15, -0.1) is 0 Å². The summed E-state index contributed by atoms with van der Waals surface area (Å²) in [5.74, 6) is 1.04. The number of hydrogen-bond acceptors (Lipinski definition) is 5.